The quantitative estimate of drug-likeness (QED) is 0.418. The first-order valence-electron chi connectivity index (χ1n) is 7.88. The minimum atomic E-state index is -2.60. The van der Waals surface area contributed by atoms with Gasteiger partial charge in [0, 0.05) is 12.3 Å². The van der Waals surface area contributed by atoms with Crippen LogP contribution in [0.15, 0.2) is 27.8 Å². The Labute approximate surface area is 166 Å². The lowest BCUT2D eigenvalue weighted by atomic mass is 10.2. The second-order valence-electron chi connectivity index (χ2n) is 5.66. The number of hydrogen-bond acceptors (Lipinski definition) is 6. The van der Waals surface area contributed by atoms with E-state index in [1.54, 1.807) is 0 Å². The molecule has 1 aromatic carbocycles. The number of halogens is 3. The first-order valence-corrected chi connectivity index (χ1v) is 9.64. The van der Waals surface area contributed by atoms with Crippen molar-refractivity contribution in [2.75, 3.05) is 7.11 Å². The molecular weight excluding hydrogens is 415 g/mol. The predicted molar refractivity (Wildman–Crippen MR) is 100 cm³/mol. The maximum atomic E-state index is 14.9. The number of methoxy groups -OCH3 is 1. The summed E-state index contributed by atoms with van der Waals surface area (Å²) in [6.07, 6.45) is 0. The van der Waals surface area contributed by atoms with Gasteiger partial charge in [0.1, 0.15) is 0 Å². The number of thiophene rings is 1. The number of fused-ring (bicyclic) bond motifs is 1. The number of carbonyl (C=O) groups is 2. The molecule has 0 fully saturated rings. The van der Waals surface area contributed by atoms with E-state index in [1.165, 1.54) is 42.2 Å². The van der Waals surface area contributed by atoms with E-state index in [4.69, 9.17) is 9.47 Å². The maximum Gasteiger partial charge on any atom is 0.308 e. The molecule has 0 aliphatic rings. The van der Waals surface area contributed by atoms with Crippen LogP contribution in [0.1, 0.15) is 23.0 Å². The summed E-state index contributed by atoms with van der Waals surface area (Å²) >= 11 is 1.35. The van der Waals surface area contributed by atoms with Crippen LogP contribution < -0.4 is 9.47 Å². The summed E-state index contributed by atoms with van der Waals surface area (Å²) in [7, 11) is 1.29. The number of ether oxygens (including phenoxy) is 2. The number of esters is 1. The topological polar surface area (TPSA) is 57.5 Å². The average Bonchev–Trinajstić information content (AvgIpc) is 3.18. The third-order valence-corrected chi connectivity index (χ3v) is 5.74. The molecule has 3 aromatic rings. The number of benzene rings is 1. The summed E-state index contributed by atoms with van der Waals surface area (Å²) < 4.78 is 51.5. The average molecular weight is 429 g/mol. The van der Waals surface area contributed by atoms with Gasteiger partial charge in [-0.25, -0.2) is 4.39 Å². The van der Waals surface area contributed by atoms with Crippen LogP contribution >= 0.6 is 23.1 Å². The van der Waals surface area contributed by atoms with Crippen molar-refractivity contribution < 1.29 is 32.2 Å². The van der Waals surface area contributed by atoms with Crippen molar-refractivity contribution >= 4 is 45.9 Å². The van der Waals surface area contributed by atoms with Crippen molar-refractivity contribution in [1.29, 1.82) is 0 Å². The molecule has 0 saturated carbocycles. The van der Waals surface area contributed by atoms with Crippen LogP contribution in [0.25, 0.3) is 10.9 Å². The SMILES string of the molecule is COc1ccc2c(c1F)c(OC(C)=O)c(C)n2C(=O)c1csc(SC(F)F)c1. The molecule has 0 amide bonds. The van der Waals surface area contributed by atoms with E-state index in [0.717, 1.165) is 18.3 Å². The van der Waals surface area contributed by atoms with Gasteiger partial charge in [0.05, 0.1) is 33.5 Å². The Balaban J connectivity index is 2.19. The van der Waals surface area contributed by atoms with Gasteiger partial charge in [-0.3, -0.25) is 14.2 Å². The number of nitrogens with zero attached hydrogens (tertiary/aromatic N) is 1. The molecule has 0 N–H and O–H groups in total. The Hall–Kier alpha value is -2.46. The molecule has 0 spiro atoms. The smallest absolute Gasteiger partial charge is 0.308 e. The highest BCUT2D eigenvalue weighted by molar-refractivity contribution is 8.01. The summed E-state index contributed by atoms with van der Waals surface area (Å²) in [6, 6.07) is 4.17. The number of rotatable bonds is 5. The van der Waals surface area contributed by atoms with Crippen molar-refractivity contribution in [3.8, 4) is 11.5 Å². The molecule has 0 saturated heterocycles. The highest BCUT2D eigenvalue weighted by Gasteiger charge is 2.26. The summed E-state index contributed by atoms with van der Waals surface area (Å²) in [5, 5.41) is 1.38. The first kappa shape index (κ1) is 20.3. The van der Waals surface area contributed by atoms with E-state index in [9.17, 15) is 22.8 Å². The summed E-state index contributed by atoms with van der Waals surface area (Å²) in [6.45, 7) is 2.67. The highest BCUT2D eigenvalue weighted by Crippen LogP contribution is 2.39. The van der Waals surface area contributed by atoms with Crippen LogP contribution in [0.4, 0.5) is 13.2 Å². The van der Waals surface area contributed by atoms with E-state index in [-0.39, 0.29) is 37.9 Å². The van der Waals surface area contributed by atoms with Gasteiger partial charge in [-0.1, -0.05) is 0 Å². The van der Waals surface area contributed by atoms with E-state index in [0.29, 0.717) is 11.8 Å². The highest BCUT2D eigenvalue weighted by atomic mass is 32.2. The van der Waals surface area contributed by atoms with Crippen molar-refractivity contribution in [3.63, 3.8) is 0 Å². The first-order chi connectivity index (χ1) is 13.2. The van der Waals surface area contributed by atoms with Gasteiger partial charge >= 0.3 is 5.97 Å². The fourth-order valence-corrected chi connectivity index (χ4v) is 4.37. The van der Waals surface area contributed by atoms with Crippen LogP contribution in [0, 0.1) is 12.7 Å². The molecule has 10 heteroatoms. The molecule has 0 atom stereocenters. The largest absolute Gasteiger partial charge is 0.494 e. The van der Waals surface area contributed by atoms with Crippen molar-refractivity contribution in [2.24, 2.45) is 0 Å². The van der Waals surface area contributed by atoms with Crippen molar-refractivity contribution in [3.05, 3.63) is 40.7 Å². The monoisotopic (exact) mass is 429 g/mol. The Morgan fingerprint density at radius 1 is 1.29 bits per heavy atom. The van der Waals surface area contributed by atoms with E-state index < -0.39 is 23.5 Å². The predicted octanol–water partition coefficient (Wildman–Crippen LogP) is 5.09. The second kappa shape index (κ2) is 7.88. The third-order valence-electron chi connectivity index (χ3n) is 3.91. The van der Waals surface area contributed by atoms with Gasteiger partial charge in [-0.2, -0.15) is 8.78 Å². The lowest BCUT2D eigenvalue weighted by Gasteiger charge is -2.06. The van der Waals surface area contributed by atoms with Gasteiger partial charge in [0.2, 0.25) is 0 Å². The Bertz CT molecular complexity index is 1070. The number of thioether (sulfide) groups is 1. The van der Waals surface area contributed by atoms with Crippen LogP contribution in [-0.4, -0.2) is 29.3 Å². The zero-order valence-corrected chi connectivity index (χ0v) is 16.6. The Kier molecular flexibility index (Phi) is 5.71. The molecule has 5 nitrogen and oxygen atoms in total. The second-order valence-corrected chi connectivity index (χ2v) is 7.86. The molecule has 148 valence electrons. The fraction of sp³-hybridized carbons (Fsp3) is 0.222. The van der Waals surface area contributed by atoms with E-state index in [2.05, 4.69) is 0 Å². The standard InChI is InChI=1S/C18H14F3NO4S2/c1-8-16(26-9(2)23)14-11(4-5-12(25-3)15(14)19)22(8)17(24)10-6-13(27-7-10)28-18(20)21/h4-7,18H,1-3H3. The summed E-state index contributed by atoms with van der Waals surface area (Å²) in [5.74, 6) is -4.77. The van der Waals surface area contributed by atoms with Gasteiger partial charge in [-0.15, -0.1) is 11.3 Å². The van der Waals surface area contributed by atoms with Crippen molar-refractivity contribution in [2.45, 2.75) is 23.8 Å². The van der Waals surface area contributed by atoms with E-state index >= 15 is 0 Å². The van der Waals surface area contributed by atoms with Gasteiger partial charge in [0.25, 0.3) is 11.7 Å². The molecule has 0 aliphatic heterocycles. The molecular formula is C18H14F3NO4S2. The molecule has 28 heavy (non-hydrogen) atoms. The molecule has 2 heterocycles. The normalized spacial score (nSPS) is 11.2. The van der Waals surface area contributed by atoms with Gasteiger partial charge in [0.15, 0.2) is 17.3 Å². The lowest BCUT2D eigenvalue weighted by molar-refractivity contribution is -0.131. The number of carbonyl (C=O) groups excluding carboxylic acids is 2. The van der Waals surface area contributed by atoms with Crippen molar-refractivity contribution in [1.82, 2.24) is 4.57 Å². The maximum absolute atomic E-state index is 14.9. The molecule has 3 rings (SSSR count). The van der Waals surface area contributed by atoms with Crippen LogP contribution in [0.2, 0.25) is 0 Å². The van der Waals surface area contributed by atoms with Crippen LogP contribution in [0.5, 0.6) is 11.5 Å². The number of hydrogen-bond donors (Lipinski definition) is 0. The minimum absolute atomic E-state index is 0.0715. The number of alkyl halides is 2. The number of aromatic nitrogens is 1. The lowest BCUT2D eigenvalue weighted by Crippen LogP contribution is -2.13. The zero-order valence-electron chi connectivity index (χ0n) is 14.9. The fourth-order valence-electron chi connectivity index (χ4n) is 2.81. The summed E-state index contributed by atoms with van der Waals surface area (Å²) in [5.41, 5.74) is 0.543. The molecule has 0 radical (unpaired) electrons. The Morgan fingerprint density at radius 3 is 2.61 bits per heavy atom. The van der Waals surface area contributed by atoms with Gasteiger partial charge in [-0.05, 0) is 36.9 Å². The molecule has 2 aromatic heterocycles. The van der Waals surface area contributed by atoms with Gasteiger partial charge < -0.3 is 9.47 Å². The van der Waals surface area contributed by atoms with Crippen LogP contribution in [0.3, 0.4) is 0 Å². The zero-order chi connectivity index (χ0) is 20.6. The molecule has 0 bridgehead atoms. The van der Waals surface area contributed by atoms with Crippen LogP contribution in [-0.2, 0) is 4.79 Å². The third kappa shape index (κ3) is 3.61. The minimum Gasteiger partial charge on any atom is -0.494 e. The Morgan fingerprint density at radius 2 is 2.00 bits per heavy atom. The summed E-state index contributed by atoms with van der Waals surface area (Å²) in [4.78, 5) is 24.5. The molecule has 0 aliphatic carbocycles. The van der Waals surface area contributed by atoms with E-state index in [1.807, 2.05) is 0 Å². The molecule has 0 unspecified atom stereocenters.